The molecule has 0 radical (unpaired) electrons. The summed E-state index contributed by atoms with van der Waals surface area (Å²) in [4.78, 5) is 0. The summed E-state index contributed by atoms with van der Waals surface area (Å²) in [6.07, 6.45) is 0.894. The van der Waals surface area contributed by atoms with E-state index in [4.69, 9.17) is 21.1 Å². The zero-order chi connectivity index (χ0) is 18.9. The van der Waals surface area contributed by atoms with Crippen molar-refractivity contribution in [3.05, 3.63) is 94.5 Å². The third-order valence-corrected chi connectivity index (χ3v) is 4.57. The molecule has 0 unspecified atom stereocenters. The van der Waals surface area contributed by atoms with Crippen LogP contribution < -0.4 is 14.8 Å². The van der Waals surface area contributed by atoms with Crippen molar-refractivity contribution in [2.24, 2.45) is 0 Å². The van der Waals surface area contributed by atoms with Crippen LogP contribution in [0, 0.1) is 0 Å². The Balaban J connectivity index is 1.56. The van der Waals surface area contributed by atoms with Crippen molar-refractivity contribution in [2.75, 3.05) is 13.7 Å². The lowest BCUT2D eigenvalue weighted by molar-refractivity contribution is 0.302. The molecule has 0 aliphatic carbocycles. The monoisotopic (exact) mass is 381 g/mol. The smallest absolute Gasteiger partial charge is 0.124 e. The van der Waals surface area contributed by atoms with E-state index < -0.39 is 0 Å². The number of hydrogen-bond acceptors (Lipinski definition) is 3. The highest BCUT2D eigenvalue weighted by molar-refractivity contribution is 6.30. The van der Waals surface area contributed by atoms with Gasteiger partial charge in [0, 0.05) is 17.1 Å². The first kappa shape index (κ1) is 19.3. The van der Waals surface area contributed by atoms with Crippen LogP contribution in [0.3, 0.4) is 0 Å². The van der Waals surface area contributed by atoms with Gasteiger partial charge in [0.15, 0.2) is 0 Å². The SMILES string of the molecule is COc1ccccc1CCNCc1cc(Cl)ccc1OCc1ccccc1. The average Bonchev–Trinajstić information content (AvgIpc) is 2.71. The van der Waals surface area contributed by atoms with E-state index in [2.05, 4.69) is 23.5 Å². The molecular formula is C23H24ClNO2. The van der Waals surface area contributed by atoms with Gasteiger partial charge in [-0.15, -0.1) is 0 Å². The highest BCUT2D eigenvalue weighted by atomic mass is 35.5. The second-order valence-corrected chi connectivity index (χ2v) is 6.70. The summed E-state index contributed by atoms with van der Waals surface area (Å²) in [5.41, 5.74) is 3.39. The minimum atomic E-state index is 0.538. The van der Waals surface area contributed by atoms with Crippen LogP contribution in [0.2, 0.25) is 5.02 Å². The van der Waals surface area contributed by atoms with Crippen molar-refractivity contribution >= 4 is 11.6 Å². The molecule has 0 saturated carbocycles. The average molecular weight is 382 g/mol. The van der Waals surface area contributed by atoms with E-state index in [1.807, 2.05) is 54.6 Å². The largest absolute Gasteiger partial charge is 0.496 e. The molecule has 4 heteroatoms. The predicted octanol–water partition coefficient (Wildman–Crippen LogP) is 5.26. The van der Waals surface area contributed by atoms with Crippen molar-refractivity contribution in [1.29, 1.82) is 0 Å². The predicted molar refractivity (Wildman–Crippen MR) is 111 cm³/mol. The Hall–Kier alpha value is -2.49. The normalized spacial score (nSPS) is 10.6. The first-order valence-electron chi connectivity index (χ1n) is 9.04. The molecule has 0 amide bonds. The summed E-state index contributed by atoms with van der Waals surface area (Å²) >= 11 is 6.18. The molecule has 0 bridgehead atoms. The summed E-state index contributed by atoms with van der Waals surface area (Å²) in [7, 11) is 1.70. The van der Waals surface area contributed by atoms with E-state index >= 15 is 0 Å². The summed E-state index contributed by atoms with van der Waals surface area (Å²) in [6, 6.07) is 24.0. The maximum atomic E-state index is 6.18. The van der Waals surface area contributed by atoms with Gasteiger partial charge in [-0.1, -0.05) is 60.1 Å². The number of halogens is 1. The molecule has 3 nitrogen and oxygen atoms in total. The zero-order valence-electron chi connectivity index (χ0n) is 15.5. The highest BCUT2D eigenvalue weighted by Crippen LogP contribution is 2.24. The summed E-state index contributed by atoms with van der Waals surface area (Å²) in [5.74, 6) is 1.78. The number of hydrogen-bond donors (Lipinski definition) is 1. The summed E-state index contributed by atoms with van der Waals surface area (Å²) in [6.45, 7) is 2.07. The number of benzene rings is 3. The van der Waals surface area contributed by atoms with Gasteiger partial charge in [0.25, 0.3) is 0 Å². The second-order valence-electron chi connectivity index (χ2n) is 6.26. The van der Waals surface area contributed by atoms with Crippen LogP contribution in [0.1, 0.15) is 16.7 Å². The first-order chi connectivity index (χ1) is 13.3. The topological polar surface area (TPSA) is 30.5 Å². The molecule has 1 N–H and O–H groups in total. The van der Waals surface area contributed by atoms with Gasteiger partial charge in [-0.05, 0) is 48.4 Å². The van der Waals surface area contributed by atoms with Crippen molar-refractivity contribution in [1.82, 2.24) is 5.32 Å². The number of nitrogens with one attached hydrogen (secondary N) is 1. The molecule has 27 heavy (non-hydrogen) atoms. The maximum absolute atomic E-state index is 6.18. The minimum absolute atomic E-state index is 0.538. The van der Waals surface area contributed by atoms with Crippen molar-refractivity contribution < 1.29 is 9.47 Å². The fourth-order valence-corrected chi connectivity index (χ4v) is 3.11. The fourth-order valence-electron chi connectivity index (χ4n) is 2.92. The Morgan fingerprint density at radius 3 is 2.44 bits per heavy atom. The molecule has 0 aliphatic heterocycles. The molecule has 0 aliphatic rings. The third-order valence-electron chi connectivity index (χ3n) is 4.34. The van der Waals surface area contributed by atoms with Crippen LogP contribution in [0.25, 0.3) is 0 Å². The Bertz CT molecular complexity index is 852. The van der Waals surface area contributed by atoms with E-state index in [0.29, 0.717) is 18.2 Å². The fraction of sp³-hybridized carbons (Fsp3) is 0.217. The zero-order valence-corrected chi connectivity index (χ0v) is 16.2. The van der Waals surface area contributed by atoms with Crippen molar-refractivity contribution in [2.45, 2.75) is 19.6 Å². The number of para-hydroxylation sites is 1. The van der Waals surface area contributed by atoms with Crippen LogP contribution >= 0.6 is 11.6 Å². The Kier molecular flexibility index (Phi) is 7.14. The molecule has 0 aromatic heterocycles. The summed E-state index contributed by atoms with van der Waals surface area (Å²) in [5, 5.41) is 4.18. The van der Waals surface area contributed by atoms with Crippen LogP contribution in [0.5, 0.6) is 11.5 Å². The Morgan fingerprint density at radius 2 is 1.63 bits per heavy atom. The Labute approximate surface area is 165 Å². The molecule has 0 fully saturated rings. The number of rotatable bonds is 9. The van der Waals surface area contributed by atoms with Crippen LogP contribution in [-0.4, -0.2) is 13.7 Å². The van der Waals surface area contributed by atoms with E-state index in [9.17, 15) is 0 Å². The first-order valence-corrected chi connectivity index (χ1v) is 9.42. The molecule has 0 heterocycles. The van der Waals surface area contributed by atoms with Gasteiger partial charge in [0.2, 0.25) is 0 Å². The van der Waals surface area contributed by atoms with Gasteiger partial charge in [0.1, 0.15) is 18.1 Å². The van der Waals surface area contributed by atoms with Gasteiger partial charge in [-0.3, -0.25) is 0 Å². The minimum Gasteiger partial charge on any atom is -0.496 e. The standard InChI is InChI=1S/C23H24ClNO2/c1-26-22-10-6-5-9-19(22)13-14-25-16-20-15-21(24)11-12-23(20)27-17-18-7-3-2-4-8-18/h2-12,15,25H,13-14,16-17H2,1H3. The molecule has 3 aromatic rings. The maximum Gasteiger partial charge on any atom is 0.124 e. The van der Waals surface area contributed by atoms with Gasteiger partial charge < -0.3 is 14.8 Å². The molecular weight excluding hydrogens is 358 g/mol. The van der Waals surface area contributed by atoms with E-state index in [1.165, 1.54) is 5.56 Å². The lowest BCUT2D eigenvalue weighted by Crippen LogP contribution is -2.17. The second kappa shape index (κ2) is 10.0. The van der Waals surface area contributed by atoms with Crippen LogP contribution in [0.4, 0.5) is 0 Å². The number of methoxy groups -OCH3 is 1. The van der Waals surface area contributed by atoms with Gasteiger partial charge in [0.05, 0.1) is 7.11 Å². The van der Waals surface area contributed by atoms with Gasteiger partial charge in [-0.2, -0.15) is 0 Å². The molecule has 3 aromatic carbocycles. The van der Waals surface area contributed by atoms with E-state index in [1.54, 1.807) is 7.11 Å². The quantitative estimate of drug-likeness (QED) is 0.513. The van der Waals surface area contributed by atoms with E-state index in [0.717, 1.165) is 35.6 Å². The van der Waals surface area contributed by atoms with Gasteiger partial charge >= 0.3 is 0 Å². The lowest BCUT2D eigenvalue weighted by Gasteiger charge is -2.13. The van der Waals surface area contributed by atoms with Crippen molar-refractivity contribution in [3.63, 3.8) is 0 Å². The lowest BCUT2D eigenvalue weighted by atomic mass is 10.1. The van der Waals surface area contributed by atoms with E-state index in [-0.39, 0.29) is 0 Å². The van der Waals surface area contributed by atoms with Crippen LogP contribution in [-0.2, 0) is 19.6 Å². The van der Waals surface area contributed by atoms with Crippen LogP contribution in [0.15, 0.2) is 72.8 Å². The Morgan fingerprint density at radius 1 is 0.852 bits per heavy atom. The molecule has 0 saturated heterocycles. The molecule has 0 spiro atoms. The third kappa shape index (κ3) is 5.75. The molecule has 0 atom stereocenters. The highest BCUT2D eigenvalue weighted by Gasteiger charge is 2.06. The molecule has 3 rings (SSSR count). The molecule has 140 valence electrons. The summed E-state index contributed by atoms with van der Waals surface area (Å²) < 4.78 is 11.4. The van der Waals surface area contributed by atoms with Gasteiger partial charge in [-0.25, -0.2) is 0 Å². The van der Waals surface area contributed by atoms with Crippen molar-refractivity contribution in [3.8, 4) is 11.5 Å². The number of ether oxygens (including phenoxy) is 2.